The lowest BCUT2D eigenvalue weighted by atomic mass is 10.2. The number of hydrogen-bond donors (Lipinski definition) is 2. The zero-order valence-corrected chi connectivity index (χ0v) is 6.86. The highest BCUT2D eigenvalue weighted by atomic mass is 32.1. The third-order valence-corrected chi connectivity index (χ3v) is 1.80. The zero-order valence-electron chi connectivity index (χ0n) is 5.96. The molecular formula is C8H11NS. The first kappa shape index (κ1) is 7.63. The summed E-state index contributed by atoms with van der Waals surface area (Å²) in [5.74, 6) is 0. The minimum absolute atomic E-state index is 0.889. The van der Waals surface area contributed by atoms with Crippen LogP contribution in [-0.4, -0.2) is 7.05 Å². The van der Waals surface area contributed by atoms with Crippen LogP contribution in [0.2, 0.25) is 0 Å². The van der Waals surface area contributed by atoms with Gasteiger partial charge in [0.25, 0.3) is 0 Å². The molecule has 1 rings (SSSR count). The van der Waals surface area contributed by atoms with E-state index in [1.165, 1.54) is 5.56 Å². The van der Waals surface area contributed by atoms with Crippen molar-refractivity contribution in [2.24, 2.45) is 0 Å². The summed E-state index contributed by atoms with van der Waals surface area (Å²) in [4.78, 5) is 1.05. The molecule has 1 N–H and O–H groups in total. The Labute approximate surface area is 66.9 Å². The van der Waals surface area contributed by atoms with Crippen molar-refractivity contribution in [2.45, 2.75) is 11.4 Å². The second-order valence-electron chi connectivity index (χ2n) is 2.16. The Balaban J connectivity index is 2.81. The third-order valence-electron chi connectivity index (χ3n) is 1.36. The Morgan fingerprint density at radius 2 is 2.10 bits per heavy atom. The molecule has 0 bridgehead atoms. The van der Waals surface area contributed by atoms with Crippen molar-refractivity contribution in [2.75, 3.05) is 7.05 Å². The fraction of sp³-hybridized carbons (Fsp3) is 0.250. The van der Waals surface area contributed by atoms with Crippen LogP contribution >= 0.6 is 12.6 Å². The van der Waals surface area contributed by atoms with Crippen molar-refractivity contribution >= 4 is 12.6 Å². The van der Waals surface area contributed by atoms with E-state index in [9.17, 15) is 0 Å². The fourth-order valence-corrected chi connectivity index (χ4v) is 1.09. The van der Waals surface area contributed by atoms with Crippen LogP contribution < -0.4 is 5.32 Å². The molecule has 1 nitrogen and oxygen atoms in total. The van der Waals surface area contributed by atoms with Gasteiger partial charge >= 0.3 is 0 Å². The predicted octanol–water partition coefficient (Wildman–Crippen LogP) is 1.69. The summed E-state index contributed by atoms with van der Waals surface area (Å²) in [5.41, 5.74) is 1.24. The van der Waals surface area contributed by atoms with Crippen LogP contribution in [0.25, 0.3) is 0 Å². The molecular weight excluding hydrogens is 142 g/mol. The Bertz CT molecular complexity index is 210. The summed E-state index contributed by atoms with van der Waals surface area (Å²) < 4.78 is 0. The molecule has 0 amide bonds. The maximum absolute atomic E-state index is 4.29. The monoisotopic (exact) mass is 153 g/mol. The average molecular weight is 153 g/mol. The van der Waals surface area contributed by atoms with Gasteiger partial charge in [-0.05, 0) is 18.7 Å². The molecule has 0 aliphatic heterocycles. The fourth-order valence-electron chi connectivity index (χ4n) is 0.851. The van der Waals surface area contributed by atoms with Gasteiger partial charge in [0, 0.05) is 11.4 Å². The second kappa shape index (κ2) is 3.64. The molecule has 0 fully saturated rings. The van der Waals surface area contributed by atoms with Crippen molar-refractivity contribution in [3.63, 3.8) is 0 Å². The van der Waals surface area contributed by atoms with Gasteiger partial charge in [-0.3, -0.25) is 0 Å². The Morgan fingerprint density at radius 1 is 1.40 bits per heavy atom. The first-order chi connectivity index (χ1) is 4.84. The lowest BCUT2D eigenvalue weighted by Crippen LogP contribution is -2.05. The molecule has 1 aromatic carbocycles. The van der Waals surface area contributed by atoms with Crippen molar-refractivity contribution in [3.05, 3.63) is 29.8 Å². The molecule has 0 radical (unpaired) electrons. The Hall–Kier alpha value is -0.470. The minimum atomic E-state index is 0.889. The molecule has 0 unspecified atom stereocenters. The van der Waals surface area contributed by atoms with Gasteiger partial charge in [0.2, 0.25) is 0 Å². The van der Waals surface area contributed by atoms with Crippen molar-refractivity contribution in [1.82, 2.24) is 5.32 Å². The maximum atomic E-state index is 4.29. The molecule has 0 aliphatic carbocycles. The highest BCUT2D eigenvalue weighted by Gasteiger charge is 1.92. The van der Waals surface area contributed by atoms with Gasteiger partial charge in [-0.25, -0.2) is 0 Å². The van der Waals surface area contributed by atoms with Crippen LogP contribution in [0.4, 0.5) is 0 Å². The van der Waals surface area contributed by atoms with Gasteiger partial charge in [0.15, 0.2) is 0 Å². The van der Waals surface area contributed by atoms with Gasteiger partial charge in [-0.2, -0.15) is 0 Å². The molecule has 0 aliphatic rings. The van der Waals surface area contributed by atoms with Crippen molar-refractivity contribution in [1.29, 1.82) is 0 Å². The molecule has 0 heterocycles. The number of benzene rings is 1. The summed E-state index contributed by atoms with van der Waals surface area (Å²) in [6.07, 6.45) is 0. The van der Waals surface area contributed by atoms with Gasteiger partial charge < -0.3 is 5.32 Å². The Kier molecular flexibility index (Phi) is 2.78. The first-order valence-electron chi connectivity index (χ1n) is 3.26. The van der Waals surface area contributed by atoms with Gasteiger partial charge in [0.1, 0.15) is 0 Å². The molecule has 10 heavy (non-hydrogen) atoms. The van der Waals surface area contributed by atoms with Crippen LogP contribution in [0.3, 0.4) is 0 Å². The van der Waals surface area contributed by atoms with Crippen molar-refractivity contribution in [3.8, 4) is 0 Å². The van der Waals surface area contributed by atoms with Gasteiger partial charge in [-0.1, -0.05) is 18.2 Å². The molecule has 54 valence electrons. The van der Waals surface area contributed by atoms with Crippen LogP contribution in [0.1, 0.15) is 5.56 Å². The molecule has 0 saturated heterocycles. The quantitative estimate of drug-likeness (QED) is 0.616. The third kappa shape index (κ3) is 1.75. The summed E-state index contributed by atoms with van der Waals surface area (Å²) in [5, 5.41) is 3.08. The SMILES string of the molecule is CNCc1ccccc1S. The van der Waals surface area contributed by atoms with E-state index in [1.807, 2.05) is 25.2 Å². The molecule has 0 aromatic heterocycles. The zero-order chi connectivity index (χ0) is 7.40. The topological polar surface area (TPSA) is 12.0 Å². The summed E-state index contributed by atoms with van der Waals surface area (Å²) in [6.45, 7) is 0.889. The van der Waals surface area contributed by atoms with Crippen LogP contribution in [0, 0.1) is 0 Å². The van der Waals surface area contributed by atoms with E-state index >= 15 is 0 Å². The van der Waals surface area contributed by atoms with E-state index in [2.05, 4.69) is 24.0 Å². The molecule has 1 aromatic rings. The summed E-state index contributed by atoms with van der Waals surface area (Å²) in [7, 11) is 1.93. The lowest BCUT2D eigenvalue weighted by molar-refractivity contribution is 0.804. The van der Waals surface area contributed by atoms with Crippen LogP contribution in [0.15, 0.2) is 29.2 Å². The van der Waals surface area contributed by atoms with E-state index in [1.54, 1.807) is 0 Å². The standard InChI is InChI=1S/C8H11NS/c1-9-6-7-4-2-3-5-8(7)10/h2-5,9-10H,6H2,1H3. The summed E-state index contributed by atoms with van der Waals surface area (Å²) >= 11 is 4.29. The van der Waals surface area contributed by atoms with Gasteiger partial charge in [0.05, 0.1) is 0 Å². The van der Waals surface area contributed by atoms with E-state index in [0.29, 0.717) is 0 Å². The molecule has 0 spiro atoms. The molecule has 0 atom stereocenters. The highest BCUT2D eigenvalue weighted by molar-refractivity contribution is 7.80. The predicted molar refractivity (Wildman–Crippen MR) is 46.5 cm³/mol. The van der Waals surface area contributed by atoms with Gasteiger partial charge in [-0.15, -0.1) is 12.6 Å². The number of hydrogen-bond acceptors (Lipinski definition) is 2. The second-order valence-corrected chi connectivity index (χ2v) is 2.64. The van der Waals surface area contributed by atoms with Crippen molar-refractivity contribution < 1.29 is 0 Å². The first-order valence-corrected chi connectivity index (χ1v) is 3.71. The van der Waals surface area contributed by atoms with E-state index < -0.39 is 0 Å². The number of nitrogens with one attached hydrogen (secondary N) is 1. The van der Waals surface area contributed by atoms with E-state index in [-0.39, 0.29) is 0 Å². The highest BCUT2D eigenvalue weighted by Crippen LogP contribution is 2.11. The number of thiol groups is 1. The smallest absolute Gasteiger partial charge is 0.0213 e. The largest absolute Gasteiger partial charge is 0.316 e. The van der Waals surface area contributed by atoms with E-state index in [0.717, 1.165) is 11.4 Å². The normalized spacial score (nSPS) is 9.80. The number of rotatable bonds is 2. The van der Waals surface area contributed by atoms with Crippen LogP contribution in [-0.2, 0) is 6.54 Å². The molecule has 2 heteroatoms. The van der Waals surface area contributed by atoms with Crippen LogP contribution in [0.5, 0.6) is 0 Å². The average Bonchev–Trinajstić information content (AvgIpc) is 1.94. The minimum Gasteiger partial charge on any atom is -0.316 e. The van der Waals surface area contributed by atoms with E-state index in [4.69, 9.17) is 0 Å². The lowest BCUT2D eigenvalue weighted by Gasteiger charge is -2.01. The Morgan fingerprint density at radius 3 is 2.70 bits per heavy atom. The maximum Gasteiger partial charge on any atom is 0.0213 e. The molecule has 0 saturated carbocycles. The summed E-state index contributed by atoms with van der Waals surface area (Å²) in [6, 6.07) is 8.07.